The van der Waals surface area contributed by atoms with Crippen LogP contribution in [0.1, 0.15) is 39.0 Å². The van der Waals surface area contributed by atoms with Gasteiger partial charge >= 0.3 is 5.97 Å². The van der Waals surface area contributed by atoms with E-state index in [0.29, 0.717) is 19.1 Å². The number of rotatable bonds is 6. The first-order valence-electron chi connectivity index (χ1n) is 5.62. The molecule has 1 aliphatic rings. The molecule has 15 heavy (non-hydrogen) atoms. The number of carbonyl (C=O) groups is 1. The monoisotopic (exact) mass is 215 g/mol. The van der Waals surface area contributed by atoms with Gasteiger partial charge in [0.2, 0.25) is 0 Å². The summed E-state index contributed by atoms with van der Waals surface area (Å²) in [5.41, 5.74) is -0.862. The Morgan fingerprint density at radius 2 is 2.13 bits per heavy atom. The first kappa shape index (κ1) is 12.5. The van der Waals surface area contributed by atoms with Crippen LogP contribution in [0.5, 0.6) is 0 Å². The minimum Gasteiger partial charge on any atom is -0.480 e. The van der Waals surface area contributed by atoms with Gasteiger partial charge in [-0.25, -0.2) is 0 Å². The normalized spacial score (nSPS) is 21.5. The van der Waals surface area contributed by atoms with Crippen LogP contribution in [0.2, 0.25) is 0 Å². The highest BCUT2D eigenvalue weighted by atomic mass is 16.5. The van der Waals surface area contributed by atoms with Crippen molar-refractivity contribution in [2.75, 3.05) is 13.7 Å². The minimum absolute atomic E-state index is 0.361. The smallest absolute Gasteiger partial charge is 0.323 e. The maximum absolute atomic E-state index is 11.0. The van der Waals surface area contributed by atoms with E-state index >= 15 is 0 Å². The molecule has 4 nitrogen and oxygen atoms in total. The Bertz CT molecular complexity index is 214. The Morgan fingerprint density at radius 3 is 2.60 bits per heavy atom. The third-order valence-electron chi connectivity index (χ3n) is 3.28. The maximum Gasteiger partial charge on any atom is 0.323 e. The van der Waals surface area contributed by atoms with Crippen LogP contribution in [0.4, 0.5) is 0 Å². The fraction of sp³-hybridized carbons (Fsp3) is 0.909. The second-order valence-corrected chi connectivity index (χ2v) is 4.41. The predicted octanol–water partition coefficient (Wildman–Crippen LogP) is 1.40. The van der Waals surface area contributed by atoms with Gasteiger partial charge in [0, 0.05) is 6.61 Å². The van der Waals surface area contributed by atoms with Gasteiger partial charge in [-0.3, -0.25) is 4.79 Å². The van der Waals surface area contributed by atoms with E-state index in [2.05, 4.69) is 5.32 Å². The van der Waals surface area contributed by atoms with Gasteiger partial charge in [-0.15, -0.1) is 0 Å². The van der Waals surface area contributed by atoms with Gasteiger partial charge in [-0.1, -0.05) is 12.8 Å². The van der Waals surface area contributed by atoms with Gasteiger partial charge < -0.3 is 15.2 Å². The van der Waals surface area contributed by atoms with Crippen molar-refractivity contribution in [1.29, 1.82) is 0 Å². The van der Waals surface area contributed by atoms with E-state index in [0.717, 1.165) is 12.8 Å². The zero-order chi connectivity index (χ0) is 11.3. The first-order valence-corrected chi connectivity index (χ1v) is 5.62. The van der Waals surface area contributed by atoms with Crippen molar-refractivity contribution in [3.05, 3.63) is 0 Å². The third-order valence-corrected chi connectivity index (χ3v) is 3.28. The molecule has 0 bridgehead atoms. The van der Waals surface area contributed by atoms with Crippen molar-refractivity contribution in [2.45, 2.75) is 50.7 Å². The fourth-order valence-electron chi connectivity index (χ4n) is 1.82. The fourth-order valence-corrected chi connectivity index (χ4v) is 1.82. The maximum atomic E-state index is 11.0. The lowest BCUT2D eigenvalue weighted by Gasteiger charge is -2.24. The van der Waals surface area contributed by atoms with Crippen LogP contribution < -0.4 is 5.32 Å². The summed E-state index contributed by atoms with van der Waals surface area (Å²) < 4.78 is 5.65. The number of hydrogen-bond acceptors (Lipinski definition) is 3. The highest BCUT2D eigenvalue weighted by Gasteiger charge is 2.31. The molecule has 0 heterocycles. The molecular weight excluding hydrogens is 194 g/mol. The SMILES string of the molecule is CNC(C)(CCOC1CCCC1)C(=O)O. The second-order valence-electron chi connectivity index (χ2n) is 4.41. The second kappa shape index (κ2) is 5.47. The van der Waals surface area contributed by atoms with E-state index in [1.165, 1.54) is 12.8 Å². The molecule has 2 N–H and O–H groups in total. The Kier molecular flexibility index (Phi) is 4.54. The summed E-state index contributed by atoms with van der Waals surface area (Å²) in [6.45, 7) is 2.21. The molecule has 4 heteroatoms. The summed E-state index contributed by atoms with van der Waals surface area (Å²) >= 11 is 0. The molecule has 0 amide bonds. The summed E-state index contributed by atoms with van der Waals surface area (Å²) in [4.78, 5) is 11.0. The molecule has 0 aromatic carbocycles. The lowest BCUT2D eigenvalue weighted by molar-refractivity contribution is -0.145. The lowest BCUT2D eigenvalue weighted by Crippen LogP contribution is -2.48. The average Bonchev–Trinajstić information content (AvgIpc) is 2.70. The van der Waals surface area contributed by atoms with Crippen LogP contribution in [-0.2, 0) is 9.53 Å². The van der Waals surface area contributed by atoms with E-state index < -0.39 is 11.5 Å². The van der Waals surface area contributed by atoms with Gasteiger partial charge in [0.25, 0.3) is 0 Å². The van der Waals surface area contributed by atoms with E-state index in [1.54, 1.807) is 14.0 Å². The molecule has 0 spiro atoms. The van der Waals surface area contributed by atoms with E-state index in [-0.39, 0.29) is 0 Å². The number of carboxylic acid groups (broad SMARTS) is 1. The number of carboxylic acids is 1. The Morgan fingerprint density at radius 1 is 1.53 bits per heavy atom. The highest BCUT2D eigenvalue weighted by Crippen LogP contribution is 2.21. The molecule has 1 saturated carbocycles. The number of aliphatic carboxylic acids is 1. The topological polar surface area (TPSA) is 58.6 Å². The standard InChI is InChI=1S/C11H21NO3/c1-11(12-2,10(13)14)7-8-15-9-5-3-4-6-9/h9,12H,3-8H2,1-2H3,(H,13,14). The van der Waals surface area contributed by atoms with Gasteiger partial charge in [0.05, 0.1) is 6.10 Å². The Labute approximate surface area is 91.0 Å². The van der Waals surface area contributed by atoms with E-state index in [4.69, 9.17) is 9.84 Å². The van der Waals surface area contributed by atoms with Crippen LogP contribution in [0.25, 0.3) is 0 Å². The molecule has 1 unspecified atom stereocenters. The Hall–Kier alpha value is -0.610. The van der Waals surface area contributed by atoms with Crippen LogP contribution >= 0.6 is 0 Å². The van der Waals surface area contributed by atoms with Gasteiger partial charge in [0.1, 0.15) is 5.54 Å². The van der Waals surface area contributed by atoms with E-state index in [9.17, 15) is 4.79 Å². The van der Waals surface area contributed by atoms with E-state index in [1.807, 2.05) is 0 Å². The quantitative estimate of drug-likeness (QED) is 0.703. The van der Waals surface area contributed by atoms with Crippen LogP contribution in [0.3, 0.4) is 0 Å². The number of likely N-dealkylation sites (N-methyl/N-ethyl adjacent to an activating group) is 1. The first-order chi connectivity index (χ1) is 7.08. The van der Waals surface area contributed by atoms with Crippen LogP contribution in [0.15, 0.2) is 0 Å². The van der Waals surface area contributed by atoms with Crippen molar-refractivity contribution < 1.29 is 14.6 Å². The van der Waals surface area contributed by atoms with Crippen molar-refractivity contribution in [3.63, 3.8) is 0 Å². The molecule has 0 radical (unpaired) electrons. The van der Waals surface area contributed by atoms with Crippen molar-refractivity contribution in [2.24, 2.45) is 0 Å². The largest absolute Gasteiger partial charge is 0.480 e. The highest BCUT2D eigenvalue weighted by molar-refractivity contribution is 5.78. The van der Waals surface area contributed by atoms with Gasteiger partial charge in [-0.05, 0) is 33.2 Å². The Balaban J connectivity index is 2.25. The summed E-state index contributed by atoms with van der Waals surface area (Å²) in [5.74, 6) is -0.819. The van der Waals surface area contributed by atoms with Crippen LogP contribution in [0, 0.1) is 0 Å². The average molecular weight is 215 g/mol. The summed E-state index contributed by atoms with van der Waals surface area (Å²) in [6.07, 6.45) is 5.61. The summed E-state index contributed by atoms with van der Waals surface area (Å²) in [7, 11) is 1.67. The predicted molar refractivity (Wildman–Crippen MR) is 57.9 cm³/mol. The molecule has 88 valence electrons. The third kappa shape index (κ3) is 3.47. The summed E-state index contributed by atoms with van der Waals surface area (Å²) in [6, 6.07) is 0. The lowest BCUT2D eigenvalue weighted by atomic mass is 9.99. The number of nitrogens with one attached hydrogen (secondary N) is 1. The summed E-state index contributed by atoms with van der Waals surface area (Å²) in [5, 5.41) is 11.8. The molecule has 1 aliphatic carbocycles. The molecule has 1 atom stereocenters. The van der Waals surface area contributed by atoms with Crippen molar-refractivity contribution in [3.8, 4) is 0 Å². The molecule has 0 aromatic heterocycles. The van der Waals surface area contributed by atoms with Gasteiger partial charge in [-0.2, -0.15) is 0 Å². The molecule has 1 fully saturated rings. The van der Waals surface area contributed by atoms with Crippen LogP contribution in [-0.4, -0.2) is 36.4 Å². The zero-order valence-electron chi connectivity index (χ0n) is 9.58. The number of hydrogen-bond donors (Lipinski definition) is 2. The molecule has 0 aromatic rings. The molecule has 1 rings (SSSR count). The zero-order valence-corrected chi connectivity index (χ0v) is 9.58. The van der Waals surface area contributed by atoms with Crippen molar-refractivity contribution >= 4 is 5.97 Å². The molecule has 0 aliphatic heterocycles. The van der Waals surface area contributed by atoms with Gasteiger partial charge in [0.15, 0.2) is 0 Å². The number of ether oxygens (including phenoxy) is 1. The van der Waals surface area contributed by atoms with Crippen molar-refractivity contribution in [1.82, 2.24) is 5.32 Å². The molecule has 0 saturated heterocycles. The minimum atomic E-state index is -0.862. The molecular formula is C11H21NO3.